The van der Waals surface area contributed by atoms with Gasteiger partial charge in [-0.25, -0.2) is 0 Å². The summed E-state index contributed by atoms with van der Waals surface area (Å²) < 4.78 is 0. The molecule has 4 fully saturated rings. The molecule has 26 heavy (non-hydrogen) atoms. The molecule has 5 nitrogen and oxygen atoms in total. The minimum atomic E-state index is -0.101. The fourth-order valence-electron chi connectivity index (χ4n) is 5.70. The third kappa shape index (κ3) is 2.25. The molecule has 2 saturated carbocycles. The molecule has 0 radical (unpaired) electrons. The van der Waals surface area contributed by atoms with Gasteiger partial charge in [-0.1, -0.05) is 0 Å². The highest BCUT2D eigenvalue weighted by Crippen LogP contribution is 2.56. The van der Waals surface area contributed by atoms with Gasteiger partial charge in [-0.2, -0.15) is 0 Å². The Morgan fingerprint density at radius 2 is 1.42 bits per heavy atom. The predicted octanol–water partition coefficient (Wildman–Crippen LogP) is 2.85. The zero-order valence-corrected chi connectivity index (χ0v) is 14.9. The molecule has 5 rings (SSSR count). The number of anilines is 1. The quantitative estimate of drug-likeness (QED) is 0.769. The fourth-order valence-corrected chi connectivity index (χ4v) is 5.70. The van der Waals surface area contributed by atoms with Gasteiger partial charge < -0.3 is 4.90 Å². The molecule has 5 heteroatoms. The third-order valence-electron chi connectivity index (χ3n) is 6.94. The average Bonchev–Trinajstić information content (AvgIpc) is 3.36. The maximum Gasteiger partial charge on any atom is 0.253 e. The van der Waals surface area contributed by atoms with Crippen molar-refractivity contribution >= 4 is 23.4 Å². The third-order valence-corrected chi connectivity index (χ3v) is 6.94. The number of carbonyl (C=O) groups is 3. The number of rotatable bonds is 2. The van der Waals surface area contributed by atoms with Crippen molar-refractivity contribution in [1.82, 2.24) is 4.90 Å². The largest absolute Gasteiger partial charge is 0.339 e. The van der Waals surface area contributed by atoms with Gasteiger partial charge in [0.05, 0.1) is 17.5 Å². The molecule has 2 aliphatic carbocycles. The first kappa shape index (κ1) is 16.0. The summed E-state index contributed by atoms with van der Waals surface area (Å²) in [7, 11) is 0. The van der Waals surface area contributed by atoms with Crippen molar-refractivity contribution in [2.45, 2.75) is 38.5 Å². The maximum atomic E-state index is 12.9. The maximum absolute atomic E-state index is 12.9. The number of piperidine rings is 1. The van der Waals surface area contributed by atoms with Crippen molar-refractivity contribution in [3.8, 4) is 0 Å². The van der Waals surface area contributed by atoms with Gasteiger partial charge in [0.2, 0.25) is 11.8 Å². The summed E-state index contributed by atoms with van der Waals surface area (Å²) in [5, 5.41) is 0. The molecule has 2 bridgehead atoms. The lowest BCUT2D eigenvalue weighted by atomic mass is 9.81. The number of benzene rings is 1. The molecule has 136 valence electrons. The number of nitrogens with zero attached hydrogens (tertiary/aromatic N) is 2. The van der Waals surface area contributed by atoms with E-state index in [1.165, 1.54) is 11.3 Å². The molecule has 4 aliphatic rings. The standard InChI is InChI=1S/C21H24N2O3/c24-19(22-10-2-1-3-11-22)13-6-8-16(9-7-13)23-20(25)17-14-4-5-15(12-14)18(17)21(23)26/h6-9,14-15,17-18H,1-5,10-12H2/t14-,15+,17-,18+. The van der Waals surface area contributed by atoms with Crippen molar-refractivity contribution in [2.75, 3.05) is 18.0 Å². The van der Waals surface area contributed by atoms with E-state index in [0.717, 1.165) is 45.2 Å². The Kier molecular flexibility index (Phi) is 3.66. The van der Waals surface area contributed by atoms with Crippen LogP contribution in [0.25, 0.3) is 0 Å². The number of imide groups is 1. The molecule has 0 spiro atoms. The molecular weight excluding hydrogens is 328 g/mol. The lowest BCUT2D eigenvalue weighted by molar-refractivity contribution is -0.123. The number of fused-ring (bicyclic) bond motifs is 5. The van der Waals surface area contributed by atoms with Gasteiger partial charge in [0.25, 0.3) is 5.91 Å². The first-order valence-electron chi connectivity index (χ1n) is 9.92. The van der Waals surface area contributed by atoms with Crippen LogP contribution in [0.2, 0.25) is 0 Å². The van der Waals surface area contributed by atoms with E-state index in [9.17, 15) is 14.4 Å². The van der Waals surface area contributed by atoms with Crippen LogP contribution < -0.4 is 4.90 Å². The van der Waals surface area contributed by atoms with Crippen molar-refractivity contribution < 1.29 is 14.4 Å². The number of hydrogen-bond donors (Lipinski definition) is 0. The Morgan fingerprint density at radius 3 is 2.00 bits per heavy atom. The number of hydrogen-bond acceptors (Lipinski definition) is 3. The monoisotopic (exact) mass is 352 g/mol. The minimum absolute atomic E-state index is 0.0256. The SMILES string of the molecule is O=C(c1ccc(N2C(=O)[C@@H]3[C@@H]4CC[C@@H](C4)[C@@H]3C2=O)cc1)N1CCCCC1. The molecule has 4 atom stereocenters. The summed E-state index contributed by atoms with van der Waals surface area (Å²) in [6.45, 7) is 1.63. The van der Waals surface area contributed by atoms with E-state index in [1.54, 1.807) is 24.3 Å². The van der Waals surface area contributed by atoms with Crippen LogP contribution in [-0.2, 0) is 9.59 Å². The normalized spacial score (nSPS) is 33.1. The van der Waals surface area contributed by atoms with Crippen LogP contribution in [-0.4, -0.2) is 35.7 Å². The Balaban J connectivity index is 1.37. The van der Waals surface area contributed by atoms with Gasteiger partial charge in [-0.05, 0) is 74.6 Å². The average molecular weight is 352 g/mol. The molecule has 3 amide bonds. The first-order chi connectivity index (χ1) is 12.6. The van der Waals surface area contributed by atoms with E-state index < -0.39 is 0 Å². The number of likely N-dealkylation sites (tertiary alicyclic amines) is 1. The molecule has 0 aromatic heterocycles. The molecule has 0 N–H and O–H groups in total. The summed E-state index contributed by atoms with van der Waals surface area (Å²) in [6.07, 6.45) is 6.53. The Bertz CT molecular complexity index is 738. The molecule has 1 aromatic carbocycles. The molecule has 2 aliphatic heterocycles. The van der Waals surface area contributed by atoms with Crippen molar-refractivity contribution in [2.24, 2.45) is 23.7 Å². The van der Waals surface area contributed by atoms with Gasteiger partial charge >= 0.3 is 0 Å². The molecular formula is C21H24N2O3. The van der Waals surface area contributed by atoms with E-state index in [-0.39, 0.29) is 29.6 Å². The summed E-state index contributed by atoms with van der Waals surface area (Å²) in [5.41, 5.74) is 1.25. The lowest BCUT2D eigenvalue weighted by Crippen LogP contribution is -2.35. The van der Waals surface area contributed by atoms with Crippen LogP contribution in [0.5, 0.6) is 0 Å². The van der Waals surface area contributed by atoms with Crippen LogP contribution in [0.15, 0.2) is 24.3 Å². The van der Waals surface area contributed by atoms with Crippen LogP contribution in [0.1, 0.15) is 48.9 Å². The smallest absolute Gasteiger partial charge is 0.253 e. The van der Waals surface area contributed by atoms with E-state index in [2.05, 4.69) is 0 Å². The van der Waals surface area contributed by atoms with Crippen LogP contribution in [0.4, 0.5) is 5.69 Å². The fraction of sp³-hybridized carbons (Fsp3) is 0.571. The van der Waals surface area contributed by atoms with E-state index >= 15 is 0 Å². The van der Waals surface area contributed by atoms with Gasteiger partial charge in [0.1, 0.15) is 0 Å². The molecule has 2 saturated heterocycles. The Morgan fingerprint density at radius 1 is 0.846 bits per heavy atom. The second kappa shape index (κ2) is 5.93. The predicted molar refractivity (Wildman–Crippen MR) is 96.5 cm³/mol. The summed E-state index contributed by atoms with van der Waals surface area (Å²) >= 11 is 0. The Labute approximate surface area is 153 Å². The lowest BCUT2D eigenvalue weighted by Gasteiger charge is -2.27. The Hall–Kier alpha value is -2.17. The van der Waals surface area contributed by atoms with E-state index in [1.807, 2.05) is 4.90 Å². The first-order valence-corrected chi connectivity index (χ1v) is 9.92. The molecule has 0 unspecified atom stereocenters. The number of carbonyl (C=O) groups excluding carboxylic acids is 3. The molecule has 1 aromatic rings. The van der Waals surface area contributed by atoms with Crippen LogP contribution in [0.3, 0.4) is 0 Å². The van der Waals surface area contributed by atoms with Crippen molar-refractivity contribution in [3.63, 3.8) is 0 Å². The van der Waals surface area contributed by atoms with E-state index in [0.29, 0.717) is 23.1 Å². The zero-order chi connectivity index (χ0) is 17.8. The highest BCUT2D eigenvalue weighted by atomic mass is 16.2. The van der Waals surface area contributed by atoms with E-state index in [4.69, 9.17) is 0 Å². The van der Waals surface area contributed by atoms with Gasteiger partial charge in [0.15, 0.2) is 0 Å². The second-order valence-corrected chi connectivity index (χ2v) is 8.30. The molecule has 2 heterocycles. The highest BCUT2D eigenvalue weighted by Gasteiger charge is 2.61. The van der Waals surface area contributed by atoms with Gasteiger partial charge in [-0.3, -0.25) is 19.3 Å². The minimum Gasteiger partial charge on any atom is -0.339 e. The highest BCUT2D eigenvalue weighted by molar-refractivity contribution is 6.22. The van der Waals surface area contributed by atoms with Gasteiger partial charge in [0, 0.05) is 18.7 Å². The summed E-state index contributed by atoms with van der Waals surface area (Å²) in [5.74, 6) is 0.583. The van der Waals surface area contributed by atoms with Crippen LogP contribution >= 0.6 is 0 Å². The summed E-state index contributed by atoms with van der Waals surface area (Å²) in [6, 6.07) is 7.04. The van der Waals surface area contributed by atoms with Crippen molar-refractivity contribution in [1.29, 1.82) is 0 Å². The van der Waals surface area contributed by atoms with Gasteiger partial charge in [-0.15, -0.1) is 0 Å². The zero-order valence-electron chi connectivity index (χ0n) is 14.9. The summed E-state index contributed by atoms with van der Waals surface area (Å²) in [4.78, 5) is 41.6. The topological polar surface area (TPSA) is 57.7 Å². The second-order valence-electron chi connectivity index (χ2n) is 8.30. The van der Waals surface area contributed by atoms with Crippen molar-refractivity contribution in [3.05, 3.63) is 29.8 Å². The van der Waals surface area contributed by atoms with Crippen LogP contribution in [0, 0.1) is 23.7 Å². The number of amides is 3.